The molecule has 2 N–H and O–H groups in total. The van der Waals surface area contributed by atoms with E-state index in [1.165, 1.54) is 6.07 Å². The van der Waals surface area contributed by atoms with Gasteiger partial charge in [0.25, 0.3) is 0 Å². The molecule has 0 saturated carbocycles. The number of aliphatic imine (C=N–C) groups is 1. The lowest BCUT2D eigenvalue weighted by Crippen LogP contribution is -2.36. The number of nitrogens with one attached hydrogen (secondary N) is 2. The van der Waals surface area contributed by atoms with Crippen LogP contribution in [0.15, 0.2) is 41.4 Å². The normalized spacial score (nSPS) is 12.8. The predicted molar refractivity (Wildman–Crippen MR) is 112 cm³/mol. The van der Waals surface area contributed by atoms with Gasteiger partial charge in [0.1, 0.15) is 5.75 Å². The lowest BCUT2D eigenvalue weighted by molar-refractivity contribution is -0.0505. The van der Waals surface area contributed by atoms with E-state index in [1.807, 2.05) is 50.2 Å². The maximum Gasteiger partial charge on any atom is 0.387 e. The monoisotopic (exact) mass is 420 g/mol. The van der Waals surface area contributed by atoms with Gasteiger partial charge in [-0.05, 0) is 30.7 Å². The molecule has 0 aliphatic carbocycles. The number of fused-ring (bicyclic) bond motifs is 1. The van der Waals surface area contributed by atoms with Crippen LogP contribution in [0.3, 0.4) is 0 Å². The zero-order chi connectivity index (χ0) is 21.5. The van der Waals surface area contributed by atoms with Crippen molar-refractivity contribution in [2.45, 2.75) is 26.6 Å². The molecule has 2 aromatic rings. The van der Waals surface area contributed by atoms with Gasteiger partial charge in [-0.1, -0.05) is 12.1 Å². The van der Waals surface area contributed by atoms with Crippen LogP contribution in [-0.4, -0.2) is 40.0 Å². The molecule has 1 aliphatic rings. The number of rotatable bonds is 8. The molecule has 2 aromatic carbocycles. The zero-order valence-electron chi connectivity index (χ0n) is 17.2. The van der Waals surface area contributed by atoms with Crippen LogP contribution in [0, 0.1) is 0 Å². The molecule has 0 unspecified atom stereocenters. The van der Waals surface area contributed by atoms with E-state index >= 15 is 0 Å². The van der Waals surface area contributed by atoms with Crippen LogP contribution in [-0.2, 0) is 13.1 Å². The Bertz CT molecular complexity index is 873. The van der Waals surface area contributed by atoms with Crippen molar-refractivity contribution in [2.24, 2.45) is 4.99 Å². The Morgan fingerprint density at radius 2 is 1.83 bits per heavy atom. The van der Waals surface area contributed by atoms with Gasteiger partial charge in [0.15, 0.2) is 17.5 Å². The molecule has 162 valence electrons. The van der Waals surface area contributed by atoms with Crippen molar-refractivity contribution in [2.75, 3.05) is 32.3 Å². The molecule has 9 heteroatoms. The highest BCUT2D eigenvalue weighted by Gasteiger charge is 2.20. The fourth-order valence-corrected chi connectivity index (χ4v) is 2.90. The Morgan fingerprint density at radius 1 is 1.13 bits per heavy atom. The summed E-state index contributed by atoms with van der Waals surface area (Å²) in [6.45, 7) is 0.435. The molecule has 0 amide bonds. The average Bonchev–Trinajstić information content (AvgIpc) is 3.17. The maximum absolute atomic E-state index is 12.8. The van der Waals surface area contributed by atoms with Gasteiger partial charge in [-0.15, -0.1) is 0 Å². The van der Waals surface area contributed by atoms with Crippen molar-refractivity contribution < 1.29 is 23.0 Å². The van der Waals surface area contributed by atoms with Crippen LogP contribution in [0.25, 0.3) is 0 Å². The number of alkyl halides is 2. The molecule has 3 rings (SSSR count). The standard InChI is InChI=1S/C21H26F2N4O3/c1-4-24-21(25-11-14-5-7-16(8-6-14)27(2)3)26-12-15-9-18-19(29-13-28-18)10-17(15)30-20(22)23/h5-10,20H,4,11-13H2,1-3H3,(H2,24,25,26). The number of hydrogen-bond acceptors (Lipinski definition) is 5. The van der Waals surface area contributed by atoms with Gasteiger partial charge in [-0.3, -0.25) is 0 Å². The maximum atomic E-state index is 12.8. The van der Waals surface area contributed by atoms with E-state index in [-0.39, 0.29) is 19.1 Å². The molecule has 30 heavy (non-hydrogen) atoms. The van der Waals surface area contributed by atoms with E-state index in [9.17, 15) is 8.78 Å². The van der Waals surface area contributed by atoms with Crippen LogP contribution in [0.5, 0.6) is 17.2 Å². The van der Waals surface area contributed by atoms with Crippen molar-refractivity contribution >= 4 is 11.6 Å². The molecular weight excluding hydrogens is 394 g/mol. The summed E-state index contributed by atoms with van der Waals surface area (Å²) in [4.78, 5) is 6.60. The smallest absolute Gasteiger partial charge is 0.387 e. The number of anilines is 1. The summed E-state index contributed by atoms with van der Waals surface area (Å²) in [5, 5.41) is 6.30. The van der Waals surface area contributed by atoms with Gasteiger partial charge in [0, 0.05) is 44.5 Å². The summed E-state index contributed by atoms with van der Waals surface area (Å²) in [5.74, 6) is 1.49. The van der Waals surface area contributed by atoms with E-state index in [0.717, 1.165) is 11.3 Å². The summed E-state index contributed by atoms with van der Waals surface area (Å²) in [7, 11) is 3.98. The largest absolute Gasteiger partial charge is 0.454 e. The van der Waals surface area contributed by atoms with Gasteiger partial charge in [-0.25, -0.2) is 4.99 Å². The Balaban J connectivity index is 1.70. The fourth-order valence-electron chi connectivity index (χ4n) is 2.90. The second-order valence-electron chi connectivity index (χ2n) is 6.80. The van der Waals surface area contributed by atoms with Crippen LogP contribution in [0.2, 0.25) is 0 Å². The first-order valence-electron chi connectivity index (χ1n) is 9.62. The average molecular weight is 420 g/mol. The van der Waals surface area contributed by atoms with Gasteiger partial charge >= 0.3 is 6.61 Å². The minimum absolute atomic E-state index is 0.0388. The zero-order valence-corrected chi connectivity index (χ0v) is 17.2. The molecule has 0 aromatic heterocycles. The summed E-state index contributed by atoms with van der Waals surface area (Å²) >= 11 is 0. The Kier molecular flexibility index (Phi) is 7.16. The topological polar surface area (TPSA) is 67.4 Å². The van der Waals surface area contributed by atoms with Crippen LogP contribution in [0.1, 0.15) is 18.1 Å². The Labute approximate surface area is 174 Å². The third-order valence-electron chi connectivity index (χ3n) is 4.43. The van der Waals surface area contributed by atoms with Gasteiger partial charge in [-0.2, -0.15) is 8.78 Å². The molecule has 0 spiro atoms. The first-order valence-corrected chi connectivity index (χ1v) is 9.62. The summed E-state index contributed by atoms with van der Waals surface area (Å²) in [6, 6.07) is 11.2. The van der Waals surface area contributed by atoms with E-state index in [0.29, 0.717) is 36.1 Å². The number of guanidine groups is 1. The summed E-state index contributed by atoms with van der Waals surface area (Å²) in [6.07, 6.45) is 0. The summed E-state index contributed by atoms with van der Waals surface area (Å²) < 4.78 is 40.8. The molecule has 7 nitrogen and oxygen atoms in total. The molecule has 0 saturated heterocycles. The Hall–Kier alpha value is -3.23. The van der Waals surface area contributed by atoms with E-state index in [2.05, 4.69) is 20.4 Å². The number of halogens is 2. The third-order valence-corrected chi connectivity index (χ3v) is 4.43. The lowest BCUT2D eigenvalue weighted by atomic mass is 10.1. The SMILES string of the molecule is CCNC(=NCc1ccc(N(C)C)cc1)NCc1cc2c(cc1OC(F)F)OCO2. The molecule has 1 heterocycles. The lowest BCUT2D eigenvalue weighted by Gasteiger charge is -2.15. The van der Waals surface area contributed by atoms with Gasteiger partial charge < -0.3 is 29.7 Å². The van der Waals surface area contributed by atoms with Crippen molar-refractivity contribution in [3.8, 4) is 17.2 Å². The molecule has 0 atom stereocenters. The van der Waals surface area contributed by atoms with Crippen LogP contribution in [0.4, 0.5) is 14.5 Å². The minimum Gasteiger partial charge on any atom is -0.454 e. The van der Waals surface area contributed by atoms with Gasteiger partial charge in [0.05, 0.1) is 6.54 Å². The third kappa shape index (κ3) is 5.65. The van der Waals surface area contributed by atoms with E-state index in [4.69, 9.17) is 9.47 Å². The first kappa shape index (κ1) is 21.5. The van der Waals surface area contributed by atoms with Gasteiger partial charge in [0.2, 0.25) is 6.79 Å². The van der Waals surface area contributed by atoms with Crippen molar-refractivity contribution in [1.29, 1.82) is 0 Å². The fraction of sp³-hybridized carbons (Fsp3) is 0.381. The quantitative estimate of drug-likeness (QED) is 0.504. The number of hydrogen-bond donors (Lipinski definition) is 2. The number of nitrogens with zero attached hydrogens (tertiary/aromatic N) is 2. The number of ether oxygens (including phenoxy) is 3. The highest BCUT2D eigenvalue weighted by atomic mass is 19.3. The molecule has 1 aliphatic heterocycles. The van der Waals surface area contributed by atoms with Crippen LogP contribution < -0.4 is 29.7 Å². The molecule has 0 fully saturated rings. The predicted octanol–water partition coefficient (Wildman–Crippen LogP) is 3.34. The van der Waals surface area contributed by atoms with Crippen LogP contribution >= 0.6 is 0 Å². The summed E-state index contributed by atoms with van der Waals surface area (Å²) in [5.41, 5.74) is 2.69. The number of benzene rings is 2. The molecule has 0 bridgehead atoms. The Morgan fingerprint density at radius 3 is 2.47 bits per heavy atom. The van der Waals surface area contributed by atoms with Crippen molar-refractivity contribution in [1.82, 2.24) is 10.6 Å². The van der Waals surface area contributed by atoms with E-state index in [1.54, 1.807) is 6.07 Å². The first-order chi connectivity index (χ1) is 14.5. The molecular formula is C21H26F2N4O3. The minimum atomic E-state index is -2.93. The second kappa shape index (κ2) is 10.00. The molecule has 0 radical (unpaired) electrons. The second-order valence-corrected chi connectivity index (χ2v) is 6.80. The highest BCUT2D eigenvalue weighted by molar-refractivity contribution is 5.79. The van der Waals surface area contributed by atoms with Crippen molar-refractivity contribution in [3.63, 3.8) is 0 Å². The van der Waals surface area contributed by atoms with Crippen molar-refractivity contribution in [3.05, 3.63) is 47.5 Å². The van der Waals surface area contributed by atoms with E-state index < -0.39 is 6.61 Å². The highest BCUT2D eigenvalue weighted by Crippen LogP contribution is 2.38.